The van der Waals surface area contributed by atoms with E-state index in [9.17, 15) is 8.78 Å². The molecule has 0 aromatic carbocycles. The fraction of sp³-hybridized carbons (Fsp3) is 0.375. The van der Waals surface area contributed by atoms with Crippen LogP contribution >= 0.6 is 0 Å². The first-order valence-electron chi connectivity index (χ1n) is 3.43. The quantitative estimate of drug-likeness (QED) is 0.621. The van der Waals surface area contributed by atoms with E-state index in [0.29, 0.717) is 0 Å². The van der Waals surface area contributed by atoms with Gasteiger partial charge in [-0.3, -0.25) is 4.68 Å². The second kappa shape index (κ2) is 3.35. The molecule has 0 spiro atoms. The highest BCUT2D eigenvalue weighted by atomic mass is 19.3. The Morgan fingerprint density at radius 1 is 1.67 bits per heavy atom. The minimum absolute atomic E-state index is 0.0999. The van der Waals surface area contributed by atoms with Crippen LogP contribution in [0, 0.1) is 12.3 Å². The summed E-state index contributed by atoms with van der Waals surface area (Å²) in [6.45, 7) is 1.71. The molecule has 1 atom stereocenters. The second-order valence-corrected chi connectivity index (χ2v) is 2.40. The first-order chi connectivity index (χ1) is 5.65. The molecule has 1 heterocycles. The van der Waals surface area contributed by atoms with Crippen molar-refractivity contribution < 1.29 is 8.78 Å². The van der Waals surface area contributed by atoms with Crippen LogP contribution in [0.5, 0.6) is 0 Å². The van der Waals surface area contributed by atoms with Crippen LogP contribution in [0.25, 0.3) is 0 Å². The zero-order valence-electron chi connectivity index (χ0n) is 6.54. The molecule has 1 aromatic rings. The summed E-state index contributed by atoms with van der Waals surface area (Å²) < 4.78 is 25.4. The molecule has 0 aliphatic rings. The maximum Gasteiger partial charge on any atom is 0.266 e. The number of aromatic nitrogens is 2. The lowest BCUT2D eigenvalue weighted by Crippen LogP contribution is -2.02. The zero-order valence-corrected chi connectivity index (χ0v) is 6.54. The van der Waals surface area contributed by atoms with Crippen LogP contribution in [0.4, 0.5) is 8.78 Å². The van der Waals surface area contributed by atoms with Gasteiger partial charge >= 0.3 is 0 Å². The van der Waals surface area contributed by atoms with Gasteiger partial charge in [-0.05, 0) is 6.92 Å². The van der Waals surface area contributed by atoms with Crippen molar-refractivity contribution in [3.8, 4) is 12.3 Å². The molecule has 4 heteroatoms. The maximum absolute atomic E-state index is 12.0. The van der Waals surface area contributed by atoms with E-state index < -0.39 is 6.43 Å². The number of halogens is 2. The third-order valence-electron chi connectivity index (χ3n) is 1.51. The van der Waals surface area contributed by atoms with E-state index in [-0.39, 0.29) is 11.6 Å². The van der Waals surface area contributed by atoms with E-state index in [1.54, 1.807) is 6.92 Å². The monoisotopic (exact) mass is 170 g/mol. The first-order valence-corrected chi connectivity index (χ1v) is 3.43. The zero-order chi connectivity index (χ0) is 9.14. The molecular weight excluding hydrogens is 162 g/mol. The largest absolute Gasteiger partial charge is 0.266 e. The van der Waals surface area contributed by atoms with E-state index in [0.717, 1.165) is 6.20 Å². The van der Waals surface area contributed by atoms with Gasteiger partial charge in [0.05, 0.1) is 11.8 Å². The molecule has 1 unspecified atom stereocenters. The van der Waals surface area contributed by atoms with Crippen LogP contribution < -0.4 is 0 Å². The molecule has 0 amide bonds. The summed E-state index contributed by atoms with van der Waals surface area (Å²) in [5.74, 6) is 2.39. The molecule has 0 aliphatic heterocycles. The Labute approximate surface area is 69.2 Å². The predicted octanol–water partition coefficient (Wildman–Crippen LogP) is 2.01. The van der Waals surface area contributed by atoms with Crippen molar-refractivity contribution in [3.63, 3.8) is 0 Å². The van der Waals surface area contributed by atoms with Gasteiger partial charge < -0.3 is 0 Å². The van der Waals surface area contributed by atoms with Gasteiger partial charge in [0.25, 0.3) is 6.43 Å². The molecule has 1 aromatic heterocycles. The van der Waals surface area contributed by atoms with Gasteiger partial charge in [-0.1, -0.05) is 5.92 Å². The van der Waals surface area contributed by atoms with Gasteiger partial charge in [0, 0.05) is 6.20 Å². The Morgan fingerprint density at radius 3 is 2.75 bits per heavy atom. The first kappa shape index (κ1) is 8.72. The number of alkyl halides is 2. The number of hydrogen-bond acceptors (Lipinski definition) is 1. The molecule has 0 N–H and O–H groups in total. The van der Waals surface area contributed by atoms with Crippen molar-refractivity contribution in [1.29, 1.82) is 0 Å². The minimum atomic E-state index is -2.48. The SMILES string of the molecule is C#CC(C)n1cc(C(F)F)cn1. The van der Waals surface area contributed by atoms with Crippen LogP contribution in [0.3, 0.4) is 0 Å². The van der Waals surface area contributed by atoms with Crippen molar-refractivity contribution in [3.05, 3.63) is 18.0 Å². The van der Waals surface area contributed by atoms with E-state index in [4.69, 9.17) is 6.42 Å². The molecule has 0 radical (unpaired) electrons. The molecule has 0 bridgehead atoms. The summed E-state index contributed by atoms with van der Waals surface area (Å²) in [7, 11) is 0. The van der Waals surface area contributed by atoms with E-state index in [1.807, 2.05) is 0 Å². The molecule has 12 heavy (non-hydrogen) atoms. The lowest BCUT2D eigenvalue weighted by atomic mass is 10.3. The van der Waals surface area contributed by atoms with Gasteiger partial charge in [-0.2, -0.15) is 5.10 Å². The molecule has 0 saturated heterocycles. The lowest BCUT2D eigenvalue weighted by molar-refractivity contribution is 0.151. The van der Waals surface area contributed by atoms with E-state index >= 15 is 0 Å². The molecule has 0 aliphatic carbocycles. The molecule has 0 saturated carbocycles. The van der Waals surface area contributed by atoms with Crippen LogP contribution in [0.1, 0.15) is 25.0 Å². The van der Waals surface area contributed by atoms with Crippen molar-refractivity contribution in [1.82, 2.24) is 9.78 Å². The van der Waals surface area contributed by atoms with Crippen LogP contribution in [-0.4, -0.2) is 9.78 Å². The highest BCUT2D eigenvalue weighted by Gasteiger charge is 2.10. The standard InChI is InChI=1S/C8H8F2N2/c1-3-6(2)12-5-7(4-11-12)8(9)10/h1,4-6,8H,2H3. The summed E-state index contributed by atoms with van der Waals surface area (Å²) in [5.41, 5.74) is -0.0999. The Kier molecular flexibility index (Phi) is 2.44. The van der Waals surface area contributed by atoms with Crippen LogP contribution in [-0.2, 0) is 0 Å². The van der Waals surface area contributed by atoms with Gasteiger partial charge in [0.15, 0.2) is 0 Å². The third-order valence-corrected chi connectivity index (χ3v) is 1.51. The maximum atomic E-state index is 12.0. The highest BCUT2D eigenvalue weighted by Crippen LogP contribution is 2.18. The smallest absolute Gasteiger partial charge is 0.257 e. The number of nitrogens with zero attached hydrogens (tertiary/aromatic N) is 2. The summed E-state index contributed by atoms with van der Waals surface area (Å²) in [5, 5.41) is 3.70. The average Bonchev–Trinajstić information content (AvgIpc) is 2.51. The van der Waals surface area contributed by atoms with Gasteiger partial charge in [-0.15, -0.1) is 6.42 Å². The van der Waals surface area contributed by atoms with Gasteiger partial charge in [0.2, 0.25) is 0 Å². The average molecular weight is 170 g/mol. The lowest BCUT2D eigenvalue weighted by Gasteiger charge is -2.02. The van der Waals surface area contributed by atoms with Crippen molar-refractivity contribution >= 4 is 0 Å². The fourth-order valence-electron chi connectivity index (χ4n) is 0.754. The second-order valence-electron chi connectivity index (χ2n) is 2.40. The predicted molar refractivity (Wildman–Crippen MR) is 40.7 cm³/mol. The minimum Gasteiger partial charge on any atom is -0.257 e. The molecule has 0 fully saturated rings. The molecule has 1 rings (SSSR count). The Balaban J connectivity index is 2.86. The van der Waals surface area contributed by atoms with Crippen molar-refractivity contribution in [2.45, 2.75) is 19.4 Å². The fourth-order valence-corrected chi connectivity index (χ4v) is 0.754. The van der Waals surface area contributed by atoms with Crippen molar-refractivity contribution in [2.24, 2.45) is 0 Å². The number of terminal acetylenes is 1. The third kappa shape index (κ3) is 1.62. The van der Waals surface area contributed by atoms with E-state index in [2.05, 4.69) is 11.0 Å². The summed E-state index contributed by atoms with van der Waals surface area (Å²) in [6, 6.07) is -0.280. The topological polar surface area (TPSA) is 17.8 Å². The van der Waals surface area contributed by atoms with Gasteiger partial charge in [-0.25, -0.2) is 8.78 Å². The molecule has 2 nitrogen and oxygen atoms in total. The summed E-state index contributed by atoms with van der Waals surface area (Å²) >= 11 is 0. The van der Waals surface area contributed by atoms with Gasteiger partial charge in [0.1, 0.15) is 6.04 Å². The number of hydrogen-bond donors (Lipinski definition) is 0. The Bertz CT molecular complexity index is 298. The normalized spacial score (nSPS) is 12.9. The Hall–Kier alpha value is -1.37. The molecular formula is C8H8F2N2. The van der Waals surface area contributed by atoms with Crippen LogP contribution in [0.2, 0.25) is 0 Å². The van der Waals surface area contributed by atoms with E-state index in [1.165, 1.54) is 10.9 Å². The Morgan fingerprint density at radius 2 is 2.33 bits per heavy atom. The van der Waals surface area contributed by atoms with Crippen LogP contribution in [0.15, 0.2) is 12.4 Å². The summed E-state index contributed by atoms with van der Waals surface area (Å²) in [4.78, 5) is 0. The highest BCUT2D eigenvalue weighted by molar-refractivity contribution is 5.08. The van der Waals surface area contributed by atoms with Crippen molar-refractivity contribution in [2.75, 3.05) is 0 Å². The number of rotatable bonds is 2. The molecule has 64 valence electrons. The summed E-state index contributed by atoms with van der Waals surface area (Å²) in [6.07, 6.45) is 4.99.